The fourth-order valence-electron chi connectivity index (χ4n) is 4.27. The van der Waals surface area contributed by atoms with E-state index in [9.17, 15) is 0 Å². The fourth-order valence-corrected chi connectivity index (χ4v) is 5.17. The van der Waals surface area contributed by atoms with Gasteiger partial charge in [-0.25, -0.2) is 0 Å². The molecular formula is C16H29I. The van der Waals surface area contributed by atoms with Gasteiger partial charge in [-0.2, -0.15) is 0 Å². The maximum absolute atomic E-state index is 2.68. The van der Waals surface area contributed by atoms with Crippen LogP contribution in [0.4, 0.5) is 0 Å². The van der Waals surface area contributed by atoms with E-state index in [-0.39, 0.29) is 0 Å². The molecule has 0 aliphatic heterocycles. The molecule has 17 heavy (non-hydrogen) atoms. The quantitative estimate of drug-likeness (QED) is 0.444. The minimum Gasteiger partial charge on any atom is -0.0826 e. The lowest BCUT2D eigenvalue weighted by Crippen LogP contribution is -2.35. The van der Waals surface area contributed by atoms with Crippen LogP contribution in [0.5, 0.6) is 0 Å². The summed E-state index contributed by atoms with van der Waals surface area (Å²) in [7, 11) is 0. The number of halogens is 1. The maximum atomic E-state index is 2.68. The summed E-state index contributed by atoms with van der Waals surface area (Å²) in [6.45, 7) is 7.37. The summed E-state index contributed by atoms with van der Waals surface area (Å²) in [5, 5.41) is 0. The van der Waals surface area contributed by atoms with Crippen molar-refractivity contribution in [2.45, 2.75) is 69.6 Å². The van der Waals surface area contributed by atoms with E-state index < -0.39 is 0 Å². The Morgan fingerprint density at radius 1 is 0.882 bits per heavy atom. The van der Waals surface area contributed by atoms with E-state index in [0.29, 0.717) is 0 Å². The summed E-state index contributed by atoms with van der Waals surface area (Å²) in [6.07, 6.45) is 10.6. The molecular weight excluding hydrogens is 319 g/mol. The van der Waals surface area contributed by atoms with Crippen LogP contribution in [0.15, 0.2) is 0 Å². The molecule has 2 fully saturated rings. The number of rotatable bonds is 2. The summed E-state index contributed by atoms with van der Waals surface area (Å²) >= 11 is 2.68. The number of hydrogen-bond donors (Lipinski definition) is 0. The second-order valence-corrected chi connectivity index (χ2v) is 8.91. The standard InChI is InChI=1S/C16H29I/c1-11-4-7-14(8-5-11)16-10-12(2)6-9-15(16)13(3)17/h11-16H,4-10H2,1-3H3. The SMILES string of the molecule is CC1CCC(C2CC(C)CCC2C(C)I)CC1. The lowest BCUT2D eigenvalue weighted by molar-refractivity contribution is 0.0943. The van der Waals surface area contributed by atoms with Crippen LogP contribution in [0.3, 0.4) is 0 Å². The Hall–Kier alpha value is 0.730. The minimum absolute atomic E-state index is 0.879. The zero-order valence-electron chi connectivity index (χ0n) is 11.8. The van der Waals surface area contributed by atoms with Gasteiger partial charge in [0.15, 0.2) is 0 Å². The maximum Gasteiger partial charge on any atom is 0.0112 e. The van der Waals surface area contributed by atoms with E-state index in [2.05, 4.69) is 43.4 Å². The molecule has 2 saturated carbocycles. The Morgan fingerprint density at radius 2 is 1.47 bits per heavy atom. The van der Waals surface area contributed by atoms with Crippen molar-refractivity contribution in [3.63, 3.8) is 0 Å². The third kappa shape index (κ3) is 3.61. The molecule has 2 rings (SSSR count). The van der Waals surface area contributed by atoms with E-state index in [0.717, 1.165) is 33.5 Å². The third-order valence-electron chi connectivity index (χ3n) is 5.47. The molecule has 0 aromatic carbocycles. The second kappa shape index (κ2) is 6.25. The summed E-state index contributed by atoms with van der Waals surface area (Å²) in [5.74, 6) is 5.13. The summed E-state index contributed by atoms with van der Waals surface area (Å²) < 4.78 is 0.879. The van der Waals surface area contributed by atoms with Crippen molar-refractivity contribution >= 4 is 22.6 Å². The first-order valence-corrected chi connectivity index (χ1v) is 8.96. The van der Waals surface area contributed by atoms with Gasteiger partial charge in [0.2, 0.25) is 0 Å². The Labute approximate surface area is 121 Å². The van der Waals surface area contributed by atoms with Crippen LogP contribution in [0, 0.1) is 29.6 Å². The molecule has 0 saturated heterocycles. The van der Waals surface area contributed by atoms with Crippen LogP contribution in [-0.2, 0) is 0 Å². The molecule has 2 aliphatic rings. The summed E-state index contributed by atoms with van der Waals surface area (Å²) in [4.78, 5) is 0. The number of hydrogen-bond acceptors (Lipinski definition) is 0. The molecule has 4 unspecified atom stereocenters. The van der Waals surface area contributed by atoms with Crippen LogP contribution < -0.4 is 0 Å². The van der Waals surface area contributed by atoms with Crippen LogP contribution in [-0.4, -0.2) is 3.92 Å². The molecule has 0 radical (unpaired) electrons. The molecule has 4 atom stereocenters. The van der Waals surface area contributed by atoms with Crippen LogP contribution >= 0.6 is 22.6 Å². The van der Waals surface area contributed by atoms with Crippen molar-refractivity contribution in [2.24, 2.45) is 29.6 Å². The van der Waals surface area contributed by atoms with E-state index >= 15 is 0 Å². The van der Waals surface area contributed by atoms with Gasteiger partial charge in [-0.1, -0.05) is 62.6 Å². The first-order chi connectivity index (χ1) is 8.08. The molecule has 0 nitrogen and oxygen atoms in total. The van der Waals surface area contributed by atoms with Crippen molar-refractivity contribution in [3.05, 3.63) is 0 Å². The van der Waals surface area contributed by atoms with Crippen LogP contribution in [0.1, 0.15) is 65.7 Å². The molecule has 2 aliphatic carbocycles. The Balaban J connectivity index is 1.99. The summed E-state index contributed by atoms with van der Waals surface area (Å²) in [6, 6.07) is 0. The molecule has 0 N–H and O–H groups in total. The van der Waals surface area contributed by atoms with Crippen molar-refractivity contribution < 1.29 is 0 Å². The van der Waals surface area contributed by atoms with Crippen molar-refractivity contribution in [1.82, 2.24) is 0 Å². The van der Waals surface area contributed by atoms with E-state index in [1.165, 1.54) is 44.9 Å². The van der Waals surface area contributed by atoms with Crippen molar-refractivity contribution in [3.8, 4) is 0 Å². The highest BCUT2D eigenvalue weighted by molar-refractivity contribution is 14.1. The van der Waals surface area contributed by atoms with Crippen LogP contribution in [0.25, 0.3) is 0 Å². The number of alkyl halides is 1. The van der Waals surface area contributed by atoms with Gasteiger partial charge in [-0.3, -0.25) is 0 Å². The monoisotopic (exact) mass is 348 g/mol. The predicted molar refractivity (Wildman–Crippen MR) is 84.6 cm³/mol. The predicted octanol–water partition coefficient (Wildman–Crippen LogP) is 5.69. The van der Waals surface area contributed by atoms with Gasteiger partial charge in [0.1, 0.15) is 0 Å². The lowest BCUT2D eigenvalue weighted by atomic mass is 9.64. The van der Waals surface area contributed by atoms with E-state index in [1.807, 2.05) is 0 Å². The average Bonchev–Trinajstić information content (AvgIpc) is 2.29. The second-order valence-electron chi connectivity index (χ2n) is 6.94. The first-order valence-electron chi connectivity index (χ1n) is 7.72. The Bertz CT molecular complexity index is 228. The smallest absolute Gasteiger partial charge is 0.0112 e. The van der Waals surface area contributed by atoms with Gasteiger partial charge >= 0.3 is 0 Å². The molecule has 0 bridgehead atoms. The largest absolute Gasteiger partial charge is 0.0826 e. The third-order valence-corrected chi connectivity index (χ3v) is 6.40. The Kier molecular flexibility index (Phi) is 5.20. The van der Waals surface area contributed by atoms with E-state index in [4.69, 9.17) is 0 Å². The molecule has 0 spiro atoms. The van der Waals surface area contributed by atoms with Crippen LogP contribution in [0.2, 0.25) is 0 Å². The van der Waals surface area contributed by atoms with Gasteiger partial charge in [0.05, 0.1) is 0 Å². The average molecular weight is 348 g/mol. The highest BCUT2D eigenvalue weighted by Crippen LogP contribution is 2.46. The first kappa shape index (κ1) is 14.1. The van der Waals surface area contributed by atoms with Gasteiger partial charge < -0.3 is 0 Å². The van der Waals surface area contributed by atoms with Crippen molar-refractivity contribution in [1.29, 1.82) is 0 Å². The van der Waals surface area contributed by atoms with Gasteiger partial charge in [-0.05, 0) is 55.3 Å². The highest BCUT2D eigenvalue weighted by Gasteiger charge is 2.37. The van der Waals surface area contributed by atoms with Gasteiger partial charge in [-0.15, -0.1) is 0 Å². The molecule has 0 aromatic rings. The van der Waals surface area contributed by atoms with Gasteiger partial charge in [0.25, 0.3) is 0 Å². The van der Waals surface area contributed by atoms with Gasteiger partial charge in [0, 0.05) is 3.92 Å². The fraction of sp³-hybridized carbons (Fsp3) is 1.00. The molecule has 1 heteroatoms. The van der Waals surface area contributed by atoms with E-state index in [1.54, 1.807) is 0 Å². The zero-order valence-corrected chi connectivity index (χ0v) is 13.9. The molecule has 0 heterocycles. The molecule has 0 aromatic heterocycles. The minimum atomic E-state index is 0.879. The zero-order chi connectivity index (χ0) is 12.4. The molecule has 0 amide bonds. The normalized spacial score (nSPS) is 45.5. The highest BCUT2D eigenvalue weighted by atomic mass is 127. The lowest BCUT2D eigenvalue weighted by Gasteiger charge is -2.43. The summed E-state index contributed by atoms with van der Waals surface area (Å²) in [5.41, 5.74) is 0. The van der Waals surface area contributed by atoms with Crippen molar-refractivity contribution in [2.75, 3.05) is 0 Å². The molecule has 100 valence electrons. The topological polar surface area (TPSA) is 0 Å². The Morgan fingerprint density at radius 3 is 2.06 bits per heavy atom.